The highest BCUT2D eigenvalue weighted by molar-refractivity contribution is 8.76. The zero-order valence-electron chi connectivity index (χ0n) is 43.5. The number of fused-ring (bicyclic) bond motifs is 2. The number of aryl methyl sites for hydroxylation is 2. The minimum absolute atomic E-state index is 0.0695. The van der Waals surface area contributed by atoms with Crippen LogP contribution in [-0.2, 0) is 22.7 Å². The van der Waals surface area contributed by atoms with Crippen LogP contribution in [0.1, 0.15) is 62.0 Å². The number of benzene rings is 4. The molecule has 2 amide bonds. The molecule has 2 N–H and O–H groups in total. The molecule has 0 saturated heterocycles. The number of nitrogens with one attached hydrogen (secondary N) is 2. The molecule has 10 nitrogen and oxygen atoms in total. The average molecular weight is 983 g/mol. The van der Waals surface area contributed by atoms with Gasteiger partial charge in [-0.25, -0.2) is 0 Å². The van der Waals surface area contributed by atoms with Gasteiger partial charge in [0, 0.05) is 126 Å². The van der Waals surface area contributed by atoms with Crippen LogP contribution in [0.5, 0.6) is 0 Å². The van der Waals surface area contributed by atoms with Crippen molar-refractivity contribution >= 4 is 102 Å². The van der Waals surface area contributed by atoms with Gasteiger partial charge >= 0.3 is 0 Å². The molecule has 0 saturated carbocycles. The highest BCUT2D eigenvalue weighted by Gasteiger charge is 2.19. The Hall–Kier alpha value is -5.66. The van der Waals surface area contributed by atoms with Gasteiger partial charge in [0.05, 0.1) is 77.3 Å². The zero-order chi connectivity index (χ0) is 50.3. The summed E-state index contributed by atoms with van der Waals surface area (Å²) in [6.45, 7) is 9.48. The summed E-state index contributed by atoms with van der Waals surface area (Å²) in [6.07, 6.45) is 17.4. The molecule has 0 spiro atoms. The van der Waals surface area contributed by atoms with Crippen LogP contribution < -0.4 is 29.6 Å². The van der Waals surface area contributed by atoms with Crippen LogP contribution >= 0.6 is 21.6 Å². The molecule has 0 aliphatic carbocycles. The maximum absolute atomic E-state index is 11.9. The zero-order valence-corrected chi connectivity index (χ0v) is 45.1. The van der Waals surface area contributed by atoms with Crippen molar-refractivity contribution in [3.63, 3.8) is 0 Å². The first-order valence-corrected chi connectivity index (χ1v) is 27.2. The molecule has 2 aromatic heterocycles. The third-order valence-electron chi connectivity index (χ3n) is 12.9. The summed E-state index contributed by atoms with van der Waals surface area (Å²) in [5.41, 5.74) is 8.48. The van der Waals surface area contributed by atoms with E-state index in [1.807, 2.05) is 33.7 Å². The van der Waals surface area contributed by atoms with Crippen molar-refractivity contribution in [1.82, 2.24) is 0 Å². The maximum Gasteiger partial charge on any atom is 0.221 e. The number of unbranched alkanes of at least 4 members (excludes halogenated alkanes) is 2. The van der Waals surface area contributed by atoms with E-state index in [0.29, 0.717) is 0 Å². The smallest absolute Gasteiger partial charge is 0.221 e. The van der Waals surface area contributed by atoms with Crippen LogP contribution in [0.15, 0.2) is 109 Å². The van der Waals surface area contributed by atoms with Crippen molar-refractivity contribution in [3.8, 4) is 0 Å². The molecule has 0 fully saturated rings. The van der Waals surface area contributed by atoms with Gasteiger partial charge in [0.2, 0.25) is 23.2 Å². The number of quaternary nitrogens is 2. The first-order valence-electron chi connectivity index (χ1n) is 24.7. The summed E-state index contributed by atoms with van der Waals surface area (Å²) >= 11 is 0. The number of anilines is 4. The van der Waals surface area contributed by atoms with E-state index < -0.39 is 0 Å². The highest BCUT2D eigenvalue weighted by Crippen LogP contribution is 2.31. The van der Waals surface area contributed by atoms with E-state index >= 15 is 0 Å². The number of rotatable bonds is 25. The van der Waals surface area contributed by atoms with Crippen LogP contribution in [0.4, 0.5) is 22.7 Å². The molecule has 2 heterocycles. The summed E-state index contributed by atoms with van der Waals surface area (Å²) in [6, 6.07) is 34.0. The molecule has 370 valence electrons. The molecule has 6 aromatic rings. The SMILES string of the molecule is CC(=O)Nc1cc[n+](CCCC[N+](C)(C)CCSSCC[N+](C)(C)CCCC[n+]2ccc(NC(C)=O)cc2C=Cc2ccc(N(C)C)c3ccccc23)c(C=Cc2ccc(N(C)C)c3ccccc23)c1. The van der Waals surface area contributed by atoms with E-state index in [4.69, 9.17) is 0 Å². The van der Waals surface area contributed by atoms with Gasteiger partial charge in [0.1, 0.15) is 13.1 Å². The Morgan fingerprint density at radius 2 is 0.900 bits per heavy atom. The van der Waals surface area contributed by atoms with E-state index in [0.717, 1.165) is 108 Å². The summed E-state index contributed by atoms with van der Waals surface area (Å²) in [7, 11) is 21.8. The van der Waals surface area contributed by atoms with E-state index in [-0.39, 0.29) is 11.8 Å². The molecule has 0 bridgehead atoms. The Morgan fingerprint density at radius 1 is 0.514 bits per heavy atom. The lowest BCUT2D eigenvalue weighted by Crippen LogP contribution is -2.43. The Morgan fingerprint density at radius 3 is 1.27 bits per heavy atom. The Bertz CT molecular complexity index is 2590. The lowest BCUT2D eigenvalue weighted by atomic mass is 10.0. The van der Waals surface area contributed by atoms with Gasteiger partial charge < -0.3 is 29.4 Å². The predicted molar refractivity (Wildman–Crippen MR) is 303 cm³/mol. The van der Waals surface area contributed by atoms with Gasteiger partial charge in [0.15, 0.2) is 12.4 Å². The lowest BCUT2D eigenvalue weighted by Gasteiger charge is -2.30. The number of hydrogen-bond donors (Lipinski definition) is 2. The number of pyridine rings is 2. The average Bonchev–Trinajstić information content (AvgIpc) is 3.31. The van der Waals surface area contributed by atoms with Crippen molar-refractivity contribution < 1.29 is 27.7 Å². The fourth-order valence-corrected chi connectivity index (χ4v) is 11.5. The number of nitrogens with zero attached hydrogens (tertiary/aromatic N) is 6. The molecule has 0 unspecified atom stereocenters. The Labute approximate surface area is 426 Å². The van der Waals surface area contributed by atoms with E-state index in [1.54, 1.807) is 13.8 Å². The second-order valence-electron chi connectivity index (χ2n) is 20.1. The topological polar surface area (TPSA) is 72.4 Å². The minimum atomic E-state index is -0.0695. The first-order chi connectivity index (χ1) is 33.5. The largest absolute Gasteiger partial charge is 0.377 e. The summed E-state index contributed by atoms with van der Waals surface area (Å²) < 4.78 is 6.64. The van der Waals surface area contributed by atoms with Crippen LogP contribution in [0.2, 0.25) is 0 Å². The van der Waals surface area contributed by atoms with Gasteiger partial charge in [-0.15, -0.1) is 0 Å². The van der Waals surface area contributed by atoms with Gasteiger partial charge in [-0.2, -0.15) is 9.13 Å². The minimum Gasteiger partial charge on any atom is -0.377 e. The maximum atomic E-state index is 11.9. The number of amides is 2. The number of hydrogen-bond acceptors (Lipinski definition) is 6. The van der Waals surface area contributed by atoms with E-state index in [2.05, 4.69) is 208 Å². The predicted octanol–water partition coefficient (Wildman–Crippen LogP) is 10.8. The standard InChI is InChI=1S/C58H76N8O2S2/c1-45(67)59-49-31-35-63(51(43-49)27-23-47-25-29-57(61(3)4)55-21-13-11-19-53(47)55)33-15-17-37-65(7,8)39-41-69-70-42-40-66(9,10)38-18-16-34-64-36-32-50(60-46(2)68)44-52(64)28-24-48-26-30-58(62(5)6)56-22-14-12-20-54(48)56/h11-14,19-32,35-36,43-44H,15-18,33-34,37-42H2,1-10H3/q+2/p+2. The highest BCUT2D eigenvalue weighted by atomic mass is 33.1. The second kappa shape index (κ2) is 25.5. The quantitative estimate of drug-likeness (QED) is 0.0258. The molecular formula is C58H78N8O2S2+4. The summed E-state index contributed by atoms with van der Waals surface area (Å²) in [5, 5.41) is 10.8. The van der Waals surface area contributed by atoms with Crippen molar-refractivity contribution in [1.29, 1.82) is 0 Å². The monoisotopic (exact) mass is 983 g/mol. The van der Waals surface area contributed by atoms with E-state index in [1.165, 1.54) is 44.0 Å². The van der Waals surface area contributed by atoms with Crippen molar-refractivity contribution in [2.45, 2.75) is 52.6 Å². The first kappa shape index (κ1) is 53.7. The molecule has 0 aliphatic heterocycles. The number of carbonyl (C=O) groups is 2. The molecule has 0 atom stereocenters. The fraction of sp³-hybridized carbons (Fsp3) is 0.379. The van der Waals surface area contributed by atoms with Gasteiger partial charge in [0.25, 0.3) is 0 Å². The van der Waals surface area contributed by atoms with Crippen LogP contribution in [0.3, 0.4) is 0 Å². The van der Waals surface area contributed by atoms with Crippen molar-refractivity contribution in [2.24, 2.45) is 0 Å². The molecular weight excluding hydrogens is 905 g/mol. The second-order valence-corrected chi connectivity index (χ2v) is 22.9. The van der Waals surface area contributed by atoms with Crippen LogP contribution in [-0.4, -0.2) is 115 Å². The number of carbonyl (C=O) groups excluding carboxylic acids is 2. The molecule has 6 rings (SSSR count). The lowest BCUT2D eigenvalue weighted by molar-refractivity contribution is -0.888. The molecule has 4 aromatic carbocycles. The Balaban J connectivity index is 0.928. The summed E-state index contributed by atoms with van der Waals surface area (Å²) in [5.74, 6) is 2.13. The van der Waals surface area contributed by atoms with Gasteiger partial charge in [-0.1, -0.05) is 82.3 Å². The van der Waals surface area contributed by atoms with Crippen LogP contribution in [0, 0.1) is 0 Å². The number of aromatic nitrogens is 2. The third-order valence-corrected chi connectivity index (χ3v) is 15.3. The van der Waals surface area contributed by atoms with Gasteiger partial charge in [-0.3, -0.25) is 9.59 Å². The van der Waals surface area contributed by atoms with Crippen molar-refractivity contribution in [3.05, 3.63) is 132 Å². The normalized spacial score (nSPS) is 12.1. The fourth-order valence-electron chi connectivity index (χ4n) is 8.94. The third kappa shape index (κ3) is 15.9. The molecule has 70 heavy (non-hydrogen) atoms. The van der Waals surface area contributed by atoms with E-state index in [9.17, 15) is 9.59 Å². The van der Waals surface area contributed by atoms with Gasteiger partial charge in [-0.05, 0) is 46.2 Å². The Kier molecular flexibility index (Phi) is 19.5. The van der Waals surface area contributed by atoms with Crippen LogP contribution in [0.25, 0.3) is 45.8 Å². The molecule has 0 radical (unpaired) electrons. The summed E-state index contributed by atoms with van der Waals surface area (Å²) in [4.78, 5) is 28.2. The van der Waals surface area contributed by atoms with Crippen molar-refractivity contribution in [2.75, 3.05) is 114 Å². The molecule has 0 aliphatic rings. The molecule has 12 heteroatoms.